The molecule has 70 heavy (non-hydrogen) atoms. The number of hydrogen-bond acceptors (Lipinski definition) is 4. The Bertz CT molecular complexity index is 2680. The van der Waals surface area contributed by atoms with Crippen molar-refractivity contribution in [3.63, 3.8) is 0 Å². The first-order valence-corrected chi connectivity index (χ1v) is 30.3. The van der Waals surface area contributed by atoms with Gasteiger partial charge in [0.25, 0.3) is 0 Å². The van der Waals surface area contributed by atoms with Gasteiger partial charge in [0.15, 0.2) is 0 Å². The van der Waals surface area contributed by atoms with Gasteiger partial charge in [0, 0.05) is 33.0 Å². The first kappa shape index (κ1) is 49.4. The predicted molar refractivity (Wildman–Crippen MR) is 301 cm³/mol. The maximum absolute atomic E-state index is 17.2. The average Bonchev–Trinajstić information content (AvgIpc) is 4.23. The fourth-order valence-electron chi connectivity index (χ4n) is 12.1. The molecule has 0 spiro atoms. The van der Waals surface area contributed by atoms with Gasteiger partial charge < -0.3 is 0 Å². The molecule has 0 aliphatic heterocycles. The van der Waals surface area contributed by atoms with Gasteiger partial charge in [0.1, 0.15) is 11.6 Å². The van der Waals surface area contributed by atoms with Gasteiger partial charge in [-0.25, -0.2) is 8.78 Å². The Labute approximate surface area is 433 Å². The van der Waals surface area contributed by atoms with Crippen molar-refractivity contribution >= 4 is 54.7 Å². The summed E-state index contributed by atoms with van der Waals surface area (Å²) < 4.78 is 36.8. The zero-order chi connectivity index (χ0) is 48.2. The van der Waals surface area contributed by atoms with Crippen LogP contribution in [0.25, 0.3) is 28.9 Å². The second kappa shape index (κ2) is 21.9. The number of unbranched alkanes of at least 4 members (excludes halogenated alkanes) is 12. The lowest BCUT2D eigenvalue weighted by Gasteiger charge is -2.34. The van der Waals surface area contributed by atoms with E-state index in [2.05, 4.69) is 125 Å². The molecule has 0 radical (unpaired) electrons. The maximum Gasteiger partial charge on any atom is 0.139 e. The number of halogens is 2. The summed E-state index contributed by atoms with van der Waals surface area (Å²) in [5, 5.41) is 3.49. The molecule has 10 rings (SSSR count). The van der Waals surface area contributed by atoms with Crippen molar-refractivity contribution in [3.8, 4) is 19.5 Å². The van der Waals surface area contributed by atoms with Gasteiger partial charge in [0.2, 0.25) is 0 Å². The highest BCUT2D eigenvalue weighted by atomic mass is 32.1. The van der Waals surface area contributed by atoms with Crippen LogP contribution in [0.4, 0.5) is 8.78 Å². The second-order valence-corrected chi connectivity index (χ2v) is 24.2. The molecule has 0 saturated heterocycles. The Morgan fingerprint density at radius 1 is 0.329 bits per heavy atom. The highest BCUT2D eigenvalue weighted by Gasteiger charge is 2.56. The molecule has 0 nitrogen and oxygen atoms in total. The standard InChI is InChI=1S/C64H70F2S4/c1-5-9-13-17-21-43-25-33-47(34-26-43)63(48-35-27-44(28-36-48)22-18-14-10-6-2)53-51(65)41-67-57(53)59-55(63)61-62(69-59)56-60(70-61)58-54(52(66)42-68-58)64(56,49-37-29-45(30-38-49)23-19-15-11-7-3)50-39-31-46(32-40-50)24-20-16-12-8-4/h25-42H,5-24H2,1-4H3. The molecule has 4 aromatic heterocycles. The lowest BCUT2D eigenvalue weighted by atomic mass is 9.67. The minimum Gasteiger partial charge on any atom is -0.206 e. The van der Waals surface area contributed by atoms with Gasteiger partial charge >= 0.3 is 0 Å². The summed E-state index contributed by atoms with van der Waals surface area (Å²) in [6, 6.07) is 37.1. The lowest BCUT2D eigenvalue weighted by molar-refractivity contribution is 0.594. The maximum atomic E-state index is 17.2. The highest BCUT2D eigenvalue weighted by Crippen LogP contribution is 2.70. The van der Waals surface area contributed by atoms with Crippen LogP contribution in [-0.4, -0.2) is 0 Å². The van der Waals surface area contributed by atoms with E-state index in [1.54, 1.807) is 33.4 Å². The minimum atomic E-state index is -0.863. The Kier molecular flexibility index (Phi) is 15.4. The summed E-state index contributed by atoms with van der Waals surface area (Å²) in [5.74, 6) is -0.260. The molecule has 2 aliphatic carbocycles. The van der Waals surface area contributed by atoms with Crippen LogP contribution in [0.5, 0.6) is 0 Å². The summed E-state index contributed by atoms with van der Waals surface area (Å²) in [5.41, 5.74) is 12.1. The van der Waals surface area contributed by atoms with E-state index in [9.17, 15) is 0 Å². The van der Waals surface area contributed by atoms with Gasteiger partial charge in [-0.05, 0) is 95.9 Å². The van der Waals surface area contributed by atoms with Crippen molar-refractivity contribution in [3.05, 3.63) is 186 Å². The number of aryl methyl sites for hydroxylation is 4. The van der Waals surface area contributed by atoms with E-state index in [4.69, 9.17) is 0 Å². The van der Waals surface area contributed by atoms with Crippen LogP contribution in [-0.2, 0) is 36.5 Å². The summed E-state index contributed by atoms with van der Waals surface area (Å²) in [7, 11) is 0. The van der Waals surface area contributed by atoms with Crippen LogP contribution in [0.3, 0.4) is 0 Å². The van der Waals surface area contributed by atoms with Crippen LogP contribution in [0.1, 0.15) is 197 Å². The Morgan fingerprint density at radius 2 is 0.600 bits per heavy atom. The number of fused-ring (bicyclic) bond motifs is 9. The largest absolute Gasteiger partial charge is 0.206 e. The van der Waals surface area contributed by atoms with Crippen LogP contribution >= 0.6 is 45.3 Å². The van der Waals surface area contributed by atoms with Crippen LogP contribution < -0.4 is 0 Å². The molecule has 0 N–H and O–H groups in total. The van der Waals surface area contributed by atoms with E-state index in [1.165, 1.54) is 146 Å². The molecule has 0 bridgehead atoms. The zero-order valence-electron chi connectivity index (χ0n) is 41.9. The molecule has 364 valence electrons. The molecule has 0 saturated carbocycles. The molecule has 0 fully saturated rings. The molecule has 0 atom stereocenters. The molecular weight excluding hydrogens is 935 g/mol. The fraction of sp³-hybridized carbons (Fsp3) is 0.406. The normalized spacial score (nSPS) is 14.1. The van der Waals surface area contributed by atoms with E-state index >= 15 is 8.78 Å². The molecular formula is C64H70F2S4. The number of rotatable bonds is 24. The number of hydrogen-bond donors (Lipinski definition) is 0. The van der Waals surface area contributed by atoms with E-state index < -0.39 is 10.8 Å². The molecule has 2 aliphatic rings. The average molecular weight is 1010 g/mol. The van der Waals surface area contributed by atoms with Gasteiger partial charge in [0.05, 0.1) is 39.7 Å². The third kappa shape index (κ3) is 8.73. The third-order valence-corrected chi connectivity index (χ3v) is 20.5. The Balaban J connectivity index is 1.19. The first-order chi connectivity index (χ1) is 34.4. The molecule has 0 amide bonds. The van der Waals surface area contributed by atoms with E-state index in [0.29, 0.717) is 0 Å². The van der Waals surface area contributed by atoms with Crippen molar-refractivity contribution in [2.24, 2.45) is 0 Å². The third-order valence-electron chi connectivity index (χ3n) is 15.8. The summed E-state index contributed by atoms with van der Waals surface area (Å²) in [4.78, 5) is 4.39. The SMILES string of the molecule is CCCCCCc1ccc(C2(c3ccc(CCCCCC)cc3)c3c(F)csc3-c3sc4c5c(sc4c32)-c2scc(F)c2C5(c2ccc(CCCCCC)cc2)c2ccc(CCCCCC)cc2)cc1. The van der Waals surface area contributed by atoms with Crippen molar-refractivity contribution in [1.82, 2.24) is 0 Å². The minimum absolute atomic E-state index is 0.130. The first-order valence-electron chi connectivity index (χ1n) is 26.9. The van der Waals surface area contributed by atoms with Crippen molar-refractivity contribution < 1.29 is 8.78 Å². The predicted octanol–water partition coefficient (Wildman–Crippen LogP) is 20.6. The molecule has 0 unspecified atom stereocenters. The van der Waals surface area contributed by atoms with Crippen LogP contribution in [0.2, 0.25) is 0 Å². The summed E-state index contributed by atoms with van der Waals surface area (Å²) in [6.07, 6.45) is 23.7. The Morgan fingerprint density at radius 3 is 0.857 bits per heavy atom. The van der Waals surface area contributed by atoms with Crippen LogP contribution in [0.15, 0.2) is 108 Å². The lowest BCUT2D eigenvalue weighted by Crippen LogP contribution is -2.30. The van der Waals surface area contributed by atoms with Crippen molar-refractivity contribution in [2.75, 3.05) is 0 Å². The molecule has 6 heteroatoms. The van der Waals surface area contributed by atoms with E-state index in [-0.39, 0.29) is 11.6 Å². The summed E-state index contributed by atoms with van der Waals surface area (Å²) in [6.45, 7) is 9.07. The van der Waals surface area contributed by atoms with Gasteiger partial charge in [-0.3, -0.25) is 0 Å². The summed E-state index contributed by atoms with van der Waals surface area (Å²) >= 11 is 6.76. The van der Waals surface area contributed by atoms with Gasteiger partial charge in [-0.1, -0.05) is 202 Å². The monoisotopic (exact) mass is 1000 g/mol. The fourth-order valence-corrected chi connectivity index (χ4v) is 17.5. The number of benzene rings is 4. The molecule has 4 aromatic carbocycles. The zero-order valence-corrected chi connectivity index (χ0v) is 45.2. The van der Waals surface area contributed by atoms with Crippen molar-refractivity contribution in [2.45, 2.75) is 167 Å². The van der Waals surface area contributed by atoms with E-state index in [0.717, 1.165) is 78.6 Å². The number of thiophene rings is 4. The molecule has 8 aromatic rings. The second-order valence-electron chi connectivity index (χ2n) is 20.4. The Hall–Kier alpha value is -4.20. The topological polar surface area (TPSA) is 0 Å². The smallest absolute Gasteiger partial charge is 0.139 e. The van der Waals surface area contributed by atoms with Crippen LogP contribution in [0, 0.1) is 11.6 Å². The highest BCUT2D eigenvalue weighted by molar-refractivity contribution is 7.34. The van der Waals surface area contributed by atoms with E-state index in [1.807, 2.05) is 22.7 Å². The van der Waals surface area contributed by atoms with Gasteiger partial charge in [-0.15, -0.1) is 45.3 Å². The quantitative estimate of drug-likeness (QED) is 0.0529. The molecule has 4 heterocycles. The van der Waals surface area contributed by atoms with Crippen molar-refractivity contribution in [1.29, 1.82) is 0 Å². The van der Waals surface area contributed by atoms with Gasteiger partial charge in [-0.2, -0.15) is 0 Å².